The van der Waals surface area contributed by atoms with Crippen LogP contribution in [0.4, 0.5) is 5.69 Å². The van der Waals surface area contributed by atoms with Crippen LogP contribution in [-0.4, -0.2) is 32.9 Å². The Labute approximate surface area is 93.8 Å². The second-order valence-corrected chi connectivity index (χ2v) is 6.78. The molecule has 1 aromatic carbocycles. The minimum Gasteiger partial charge on any atom is -0.748 e. The van der Waals surface area contributed by atoms with Crippen molar-refractivity contribution < 1.29 is 21.4 Å². The van der Waals surface area contributed by atoms with Crippen LogP contribution in [0.1, 0.15) is 0 Å². The van der Waals surface area contributed by atoms with Gasteiger partial charge in [-0.15, -0.1) is 0 Å². The van der Waals surface area contributed by atoms with E-state index in [0.717, 1.165) is 0 Å². The van der Waals surface area contributed by atoms with Gasteiger partial charge in [0.2, 0.25) is 0 Å². The Morgan fingerprint density at radius 1 is 1.00 bits per heavy atom. The molecule has 1 rings (SSSR count). The molecule has 8 heteroatoms. The molecule has 0 atom stereocenters. The highest BCUT2D eigenvalue weighted by Crippen LogP contribution is 2.13. The van der Waals surface area contributed by atoms with E-state index in [2.05, 4.69) is 0 Å². The van der Waals surface area contributed by atoms with Gasteiger partial charge in [0.1, 0.15) is 0 Å². The molecule has 0 fully saturated rings. The molecule has 0 amide bonds. The molecule has 0 aliphatic heterocycles. The predicted octanol–water partition coefficient (Wildman–Crippen LogP) is -0.412. The van der Waals surface area contributed by atoms with Gasteiger partial charge in [-0.05, 0) is 24.3 Å². The van der Waals surface area contributed by atoms with Crippen molar-refractivity contribution in [1.82, 2.24) is 0 Å². The maximum atomic E-state index is 11.5. The van der Waals surface area contributed by atoms with Crippen LogP contribution in [0, 0.1) is 0 Å². The minimum atomic E-state index is -4.53. The van der Waals surface area contributed by atoms with Crippen molar-refractivity contribution in [1.29, 1.82) is 0 Å². The molecule has 2 N–H and O–H groups in total. The van der Waals surface area contributed by atoms with Gasteiger partial charge >= 0.3 is 0 Å². The van der Waals surface area contributed by atoms with Gasteiger partial charge in [-0.3, -0.25) is 0 Å². The lowest BCUT2D eigenvalue weighted by molar-refractivity contribution is 0.464. The largest absolute Gasteiger partial charge is 0.748 e. The lowest BCUT2D eigenvalue weighted by atomic mass is 10.3. The Bertz CT molecular complexity index is 559. The Hall–Kier alpha value is -1.12. The SMILES string of the molecule is Nc1ccc(S(=O)(=O)CCS(=O)(=O)[O-])cc1. The third-order valence-electron chi connectivity index (χ3n) is 1.84. The lowest BCUT2D eigenvalue weighted by Crippen LogP contribution is -2.16. The summed E-state index contributed by atoms with van der Waals surface area (Å²) in [6.45, 7) is 0. The Kier molecular flexibility index (Phi) is 3.56. The first-order valence-corrected chi connectivity index (χ1v) is 7.45. The van der Waals surface area contributed by atoms with E-state index in [1.165, 1.54) is 24.3 Å². The highest BCUT2D eigenvalue weighted by molar-refractivity contribution is 7.93. The number of hydrogen-bond donors (Lipinski definition) is 1. The van der Waals surface area contributed by atoms with Crippen LogP contribution in [0.25, 0.3) is 0 Å². The van der Waals surface area contributed by atoms with Crippen molar-refractivity contribution in [3.05, 3.63) is 24.3 Å². The summed E-state index contributed by atoms with van der Waals surface area (Å²) >= 11 is 0. The minimum absolute atomic E-state index is 0.0506. The van der Waals surface area contributed by atoms with Gasteiger partial charge in [0.15, 0.2) is 9.84 Å². The van der Waals surface area contributed by atoms with E-state index in [1.54, 1.807) is 0 Å². The van der Waals surface area contributed by atoms with Crippen LogP contribution in [0.15, 0.2) is 29.2 Å². The second-order valence-electron chi connectivity index (χ2n) is 3.15. The highest BCUT2D eigenvalue weighted by Gasteiger charge is 2.15. The quantitative estimate of drug-likeness (QED) is 0.583. The maximum Gasteiger partial charge on any atom is 0.179 e. The van der Waals surface area contributed by atoms with Crippen LogP contribution in [-0.2, 0) is 20.0 Å². The van der Waals surface area contributed by atoms with Gasteiger partial charge in [-0.2, -0.15) is 0 Å². The van der Waals surface area contributed by atoms with E-state index in [4.69, 9.17) is 5.73 Å². The first-order chi connectivity index (χ1) is 7.21. The number of benzene rings is 1. The van der Waals surface area contributed by atoms with Crippen LogP contribution < -0.4 is 5.73 Å². The highest BCUT2D eigenvalue weighted by atomic mass is 32.2. The van der Waals surface area contributed by atoms with Gasteiger partial charge in [0.25, 0.3) is 0 Å². The monoisotopic (exact) mass is 264 g/mol. The van der Waals surface area contributed by atoms with Gasteiger partial charge in [-0.25, -0.2) is 16.8 Å². The van der Waals surface area contributed by atoms with E-state index < -0.39 is 31.5 Å². The first kappa shape index (κ1) is 12.9. The van der Waals surface area contributed by atoms with Crippen molar-refractivity contribution in [2.24, 2.45) is 0 Å². The normalized spacial score (nSPS) is 12.6. The van der Waals surface area contributed by atoms with E-state index in [1.807, 2.05) is 0 Å². The average molecular weight is 264 g/mol. The standard InChI is InChI=1S/C8H11NO5S2/c9-7-1-3-8(4-2-7)15(10,11)5-6-16(12,13)14/h1-4H,5-6,9H2,(H,12,13,14)/p-1. The molecule has 0 aliphatic carbocycles. The van der Waals surface area contributed by atoms with Crippen LogP contribution >= 0.6 is 0 Å². The van der Waals surface area contributed by atoms with Gasteiger partial charge in [0.05, 0.1) is 26.5 Å². The van der Waals surface area contributed by atoms with E-state index >= 15 is 0 Å². The maximum absolute atomic E-state index is 11.5. The summed E-state index contributed by atoms with van der Waals surface area (Å²) < 4.78 is 54.1. The van der Waals surface area contributed by atoms with Crippen LogP contribution in [0.5, 0.6) is 0 Å². The number of nitrogens with two attached hydrogens (primary N) is 1. The Balaban J connectivity index is 2.91. The second kappa shape index (κ2) is 4.40. The number of nitrogen functional groups attached to an aromatic ring is 1. The molecule has 1 aromatic rings. The average Bonchev–Trinajstić information content (AvgIpc) is 2.15. The zero-order valence-corrected chi connectivity index (χ0v) is 9.79. The first-order valence-electron chi connectivity index (χ1n) is 4.22. The molecule has 0 radical (unpaired) electrons. The van der Waals surface area contributed by atoms with Crippen LogP contribution in [0.2, 0.25) is 0 Å². The predicted molar refractivity (Wildman–Crippen MR) is 57.5 cm³/mol. The molecular formula is C8H10NO5S2-. The van der Waals surface area contributed by atoms with Gasteiger partial charge in [-0.1, -0.05) is 0 Å². The summed E-state index contributed by atoms with van der Waals surface area (Å²) in [4.78, 5) is -0.0506. The Morgan fingerprint density at radius 2 is 1.50 bits per heavy atom. The van der Waals surface area contributed by atoms with Gasteiger partial charge in [0, 0.05) is 5.69 Å². The van der Waals surface area contributed by atoms with Crippen molar-refractivity contribution in [3.8, 4) is 0 Å². The fourth-order valence-electron chi connectivity index (χ4n) is 1.00. The molecule has 16 heavy (non-hydrogen) atoms. The molecule has 0 spiro atoms. The number of rotatable bonds is 4. The smallest absolute Gasteiger partial charge is 0.179 e. The molecule has 0 bridgehead atoms. The summed E-state index contributed by atoms with van der Waals surface area (Å²) in [5.41, 5.74) is 5.77. The van der Waals surface area contributed by atoms with Crippen molar-refractivity contribution in [3.63, 3.8) is 0 Å². The number of anilines is 1. The number of sulfone groups is 1. The van der Waals surface area contributed by atoms with E-state index in [9.17, 15) is 21.4 Å². The molecule has 0 saturated heterocycles. The molecule has 0 heterocycles. The fourth-order valence-corrected chi connectivity index (χ4v) is 3.49. The molecule has 0 aromatic heterocycles. The third-order valence-corrected chi connectivity index (χ3v) is 4.54. The topological polar surface area (TPSA) is 117 Å². The summed E-state index contributed by atoms with van der Waals surface area (Å²) in [7, 11) is -8.27. The van der Waals surface area contributed by atoms with Gasteiger partial charge < -0.3 is 10.3 Å². The molecule has 0 saturated carbocycles. The summed E-state index contributed by atoms with van der Waals surface area (Å²) in [5, 5.41) is 0. The molecule has 0 unspecified atom stereocenters. The zero-order valence-electron chi connectivity index (χ0n) is 8.16. The Morgan fingerprint density at radius 3 is 1.94 bits per heavy atom. The molecule has 6 nitrogen and oxygen atoms in total. The summed E-state index contributed by atoms with van der Waals surface area (Å²) in [6, 6.07) is 5.31. The number of hydrogen-bond acceptors (Lipinski definition) is 6. The molecule has 0 aliphatic rings. The van der Waals surface area contributed by atoms with E-state index in [-0.39, 0.29) is 4.90 Å². The lowest BCUT2D eigenvalue weighted by Gasteiger charge is -2.07. The van der Waals surface area contributed by atoms with Crippen LogP contribution in [0.3, 0.4) is 0 Å². The third kappa shape index (κ3) is 3.80. The zero-order chi connectivity index (χ0) is 12.4. The summed E-state index contributed by atoms with van der Waals surface area (Å²) in [5.74, 6) is -1.65. The fraction of sp³-hybridized carbons (Fsp3) is 0.250. The summed E-state index contributed by atoms with van der Waals surface area (Å²) in [6.07, 6.45) is 0. The van der Waals surface area contributed by atoms with Crippen molar-refractivity contribution in [2.45, 2.75) is 4.90 Å². The van der Waals surface area contributed by atoms with Crippen molar-refractivity contribution in [2.75, 3.05) is 17.2 Å². The molecular weight excluding hydrogens is 254 g/mol. The van der Waals surface area contributed by atoms with E-state index in [0.29, 0.717) is 5.69 Å². The van der Waals surface area contributed by atoms with Crippen molar-refractivity contribution >= 4 is 25.6 Å². The molecule has 90 valence electrons.